The van der Waals surface area contributed by atoms with Gasteiger partial charge in [-0.1, -0.05) is 6.07 Å². The van der Waals surface area contributed by atoms with Crippen molar-refractivity contribution in [2.45, 2.75) is 6.92 Å². The van der Waals surface area contributed by atoms with Gasteiger partial charge in [-0.2, -0.15) is 0 Å². The van der Waals surface area contributed by atoms with Gasteiger partial charge in [-0.3, -0.25) is 4.79 Å². The van der Waals surface area contributed by atoms with E-state index in [1.165, 1.54) is 0 Å². The summed E-state index contributed by atoms with van der Waals surface area (Å²) >= 11 is 0. The van der Waals surface area contributed by atoms with E-state index in [1.54, 1.807) is 30.0 Å². The first-order valence-corrected chi connectivity index (χ1v) is 5.41. The first kappa shape index (κ1) is 11.0. The highest BCUT2D eigenvalue weighted by molar-refractivity contribution is 5.96. The maximum absolute atomic E-state index is 12.0. The van der Waals surface area contributed by atoms with Gasteiger partial charge in [0.15, 0.2) is 0 Å². The molecule has 2 rings (SSSR count). The monoisotopic (exact) mass is 220 g/mol. The van der Waals surface area contributed by atoms with Crippen LogP contribution in [0.15, 0.2) is 18.2 Å². The number of phenolic OH excluding ortho intramolecular Hbond substituents is 1. The van der Waals surface area contributed by atoms with Crippen molar-refractivity contribution in [3.63, 3.8) is 0 Å². The summed E-state index contributed by atoms with van der Waals surface area (Å²) in [6, 6.07) is 5.02. The van der Waals surface area contributed by atoms with Gasteiger partial charge >= 0.3 is 0 Å². The smallest absolute Gasteiger partial charge is 0.254 e. The van der Waals surface area contributed by atoms with Crippen LogP contribution < -0.4 is 5.73 Å². The molecular formula is C12H16N2O2. The first-order valence-electron chi connectivity index (χ1n) is 5.41. The van der Waals surface area contributed by atoms with Crippen molar-refractivity contribution in [3.05, 3.63) is 29.3 Å². The second-order valence-corrected chi connectivity index (χ2v) is 4.26. The average molecular weight is 220 g/mol. The minimum atomic E-state index is -0.0156. The molecule has 1 fully saturated rings. The van der Waals surface area contributed by atoms with Gasteiger partial charge in [0, 0.05) is 30.1 Å². The van der Waals surface area contributed by atoms with E-state index in [0.717, 1.165) is 13.1 Å². The highest BCUT2D eigenvalue weighted by Crippen LogP contribution is 2.24. The maximum atomic E-state index is 12.0. The summed E-state index contributed by atoms with van der Waals surface area (Å²) in [6.07, 6.45) is 0. The second kappa shape index (κ2) is 4.14. The van der Waals surface area contributed by atoms with E-state index in [2.05, 4.69) is 0 Å². The largest absolute Gasteiger partial charge is 0.508 e. The van der Waals surface area contributed by atoms with Crippen LogP contribution in [0.25, 0.3) is 0 Å². The normalized spacial score (nSPS) is 16.0. The van der Waals surface area contributed by atoms with Crippen molar-refractivity contribution in [2.24, 2.45) is 11.7 Å². The number of nitrogens with two attached hydrogens (primary N) is 1. The number of hydrogen-bond donors (Lipinski definition) is 2. The van der Waals surface area contributed by atoms with Crippen LogP contribution >= 0.6 is 0 Å². The van der Waals surface area contributed by atoms with Gasteiger partial charge in [-0.25, -0.2) is 0 Å². The fourth-order valence-corrected chi connectivity index (χ4v) is 1.91. The molecule has 0 bridgehead atoms. The van der Waals surface area contributed by atoms with Crippen LogP contribution in [0.4, 0.5) is 0 Å². The summed E-state index contributed by atoms with van der Waals surface area (Å²) in [4.78, 5) is 13.8. The SMILES string of the molecule is Cc1c(O)cccc1C(=O)N1CC(CN)C1. The van der Waals surface area contributed by atoms with E-state index in [-0.39, 0.29) is 11.7 Å². The van der Waals surface area contributed by atoms with Gasteiger partial charge in [-0.05, 0) is 25.6 Å². The van der Waals surface area contributed by atoms with Crippen molar-refractivity contribution in [1.82, 2.24) is 4.90 Å². The lowest BCUT2D eigenvalue weighted by atomic mass is 9.98. The predicted molar refractivity (Wildman–Crippen MR) is 61.3 cm³/mol. The Morgan fingerprint density at radius 2 is 2.25 bits per heavy atom. The summed E-state index contributed by atoms with van der Waals surface area (Å²) in [6.45, 7) is 3.83. The summed E-state index contributed by atoms with van der Waals surface area (Å²) in [5, 5.41) is 9.53. The van der Waals surface area contributed by atoms with Crippen molar-refractivity contribution < 1.29 is 9.90 Å². The van der Waals surface area contributed by atoms with Gasteiger partial charge in [0.2, 0.25) is 0 Å². The van der Waals surface area contributed by atoms with E-state index in [0.29, 0.717) is 23.6 Å². The van der Waals surface area contributed by atoms with Gasteiger partial charge < -0.3 is 15.7 Å². The van der Waals surface area contributed by atoms with E-state index in [4.69, 9.17) is 5.73 Å². The van der Waals surface area contributed by atoms with Crippen LogP contribution in [0.2, 0.25) is 0 Å². The molecule has 1 aliphatic rings. The average Bonchev–Trinajstić information content (AvgIpc) is 2.20. The number of amides is 1. The molecule has 0 unspecified atom stereocenters. The van der Waals surface area contributed by atoms with Crippen molar-refractivity contribution in [1.29, 1.82) is 0 Å². The molecule has 0 atom stereocenters. The lowest BCUT2D eigenvalue weighted by molar-refractivity contribution is 0.0514. The van der Waals surface area contributed by atoms with Crippen LogP contribution in [-0.4, -0.2) is 35.5 Å². The molecule has 0 aromatic heterocycles. The van der Waals surface area contributed by atoms with Crippen molar-refractivity contribution in [3.8, 4) is 5.75 Å². The van der Waals surface area contributed by atoms with E-state index in [9.17, 15) is 9.90 Å². The van der Waals surface area contributed by atoms with Crippen LogP contribution in [-0.2, 0) is 0 Å². The lowest BCUT2D eigenvalue weighted by Crippen LogP contribution is -2.52. The molecule has 1 aliphatic heterocycles. The summed E-state index contributed by atoms with van der Waals surface area (Å²) in [5.41, 5.74) is 6.73. The van der Waals surface area contributed by atoms with Gasteiger partial charge in [0.05, 0.1) is 0 Å². The summed E-state index contributed by atoms with van der Waals surface area (Å²) in [7, 11) is 0. The molecule has 4 heteroatoms. The minimum absolute atomic E-state index is 0.0156. The van der Waals surface area contributed by atoms with Crippen molar-refractivity contribution in [2.75, 3.05) is 19.6 Å². The number of carbonyl (C=O) groups excluding carboxylic acids is 1. The number of benzene rings is 1. The van der Waals surface area contributed by atoms with Gasteiger partial charge in [0.25, 0.3) is 5.91 Å². The molecule has 0 radical (unpaired) electrons. The number of hydrogen-bond acceptors (Lipinski definition) is 3. The fourth-order valence-electron chi connectivity index (χ4n) is 1.91. The highest BCUT2D eigenvalue weighted by Gasteiger charge is 2.30. The molecule has 1 saturated heterocycles. The molecule has 1 aromatic carbocycles. The summed E-state index contributed by atoms with van der Waals surface area (Å²) in [5.74, 6) is 0.585. The number of phenols is 1. The molecule has 0 saturated carbocycles. The third kappa shape index (κ3) is 1.76. The van der Waals surface area contributed by atoms with E-state index in [1.807, 2.05) is 0 Å². The Bertz CT molecular complexity index is 411. The number of likely N-dealkylation sites (tertiary alicyclic amines) is 1. The Morgan fingerprint density at radius 3 is 2.88 bits per heavy atom. The van der Waals surface area contributed by atoms with E-state index < -0.39 is 0 Å². The minimum Gasteiger partial charge on any atom is -0.508 e. The zero-order chi connectivity index (χ0) is 11.7. The summed E-state index contributed by atoms with van der Waals surface area (Å²) < 4.78 is 0. The molecule has 1 heterocycles. The third-order valence-corrected chi connectivity index (χ3v) is 3.11. The predicted octanol–water partition coefficient (Wildman–Crippen LogP) is 0.731. The molecule has 0 spiro atoms. The second-order valence-electron chi connectivity index (χ2n) is 4.26. The topological polar surface area (TPSA) is 66.6 Å². The molecule has 0 aliphatic carbocycles. The Hall–Kier alpha value is -1.55. The molecule has 16 heavy (non-hydrogen) atoms. The lowest BCUT2D eigenvalue weighted by Gasteiger charge is -2.38. The van der Waals surface area contributed by atoms with Crippen LogP contribution in [0.3, 0.4) is 0 Å². The van der Waals surface area contributed by atoms with Crippen LogP contribution in [0, 0.1) is 12.8 Å². The highest BCUT2D eigenvalue weighted by atomic mass is 16.3. The van der Waals surface area contributed by atoms with Gasteiger partial charge in [0.1, 0.15) is 5.75 Å². The standard InChI is InChI=1S/C12H16N2O2/c1-8-10(3-2-4-11(8)15)12(16)14-6-9(5-13)7-14/h2-4,9,15H,5-7,13H2,1H3. The number of nitrogens with zero attached hydrogens (tertiary/aromatic N) is 1. The fraction of sp³-hybridized carbons (Fsp3) is 0.417. The molecule has 1 amide bonds. The zero-order valence-electron chi connectivity index (χ0n) is 9.31. The van der Waals surface area contributed by atoms with E-state index >= 15 is 0 Å². The van der Waals surface area contributed by atoms with Crippen LogP contribution in [0.5, 0.6) is 5.75 Å². The Labute approximate surface area is 94.7 Å². The number of carbonyl (C=O) groups is 1. The molecule has 4 nitrogen and oxygen atoms in total. The Balaban J connectivity index is 2.13. The molecule has 1 aromatic rings. The first-order chi connectivity index (χ1) is 7.63. The number of aromatic hydroxyl groups is 1. The molecule has 86 valence electrons. The molecule has 3 N–H and O–H groups in total. The van der Waals surface area contributed by atoms with Crippen molar-refractivity contribution >= 4 is 5.91 Å². The Kier molecular flexibility index (Phi) is 2.83. The van der Waals surface area contributed by atoms with Gasteiger partial charge in [-0.15, -0.1) is 0 Å². The number of rotatable bonds is 2. The maximum Gasteiger partial charge on any atom is 0.254 e. The molecular weight excluding hydrogens is 204 g/mol. The van der Waals surface area contributed by atoms with Crippen LogP contribution in [0.1, 0.15) is 15.9 Å². The quantitative estimate of drug-likeness (QED) is 0.772. The zero-order valence-corrected chi connectivity index (χ0v) is 9.31. The third-order valence-electron chi connectivity index (χ3n) is 3.11. The Morgan fingerprint density at radius 1 is 1.56 bits per heavy atom.